The van der Waals surface area contributed by atoms with Crippen molar-refractivity contribution in [1.82, 2.24) is 14.9 Å². The number of nitrogens with one attached hydrogen (secondary N) is 2. The van der Waals surface area contributed by atoms with Gasteiger partial charge in [-0.15, -0.1) is 0 Å². The van der Waals surface area contributed by atoms with E-state index in [1.54, 1.807) is 48.7 Å². The quantitative estimate of drug-likeness (QED) is 0.467. The Morgan fingerprint density at radius 1 is 1.17 bits per heavy atom. The number of carbonyl (C=O) groups is 1. The molecule has 4 rings (SSSR count). The Morgan fingerprint density at radius 2 is 1.97 bits per heavy atom. The molecule has 146 valence electrons. The molecule has 8 heteroatoms. The molecule has 0 aliphatic rings. The molecule has 2 aromatic heterocycles. The van der Waals surface area contributed by atoms with Crippen LogP contribution >= 0.6 is 23.8 Å². The van der Waals surface area contributed by atoms with E-state index in [0.29, 0.717) is 33.8 Å². The highest BCUT2D eigenvalue weighted by Crippen LogP contribution is 2.14. The summed E-state index contributed by atoms with van der Waals surface area (Å²) in [6.07, 6.45) is 1.55. The Kier molecular flexibility index (Phi) is 5.33. The minimum Gasteiger partial charge on any atom is -0.467 e. The first-order valence-electron chi connectivity index (χ1n) is 8.83. The highest BCUT2D eigenvalue weighted by atomic mass is 35.5. The Labute approximate surface area is 175 Å². The van der Waals surface area contributed by atoms with Gasteiger partial charge in [-0.3, -0.25) is 14.2 Å². The van der Waals surface area contributed by atoms with Crippen molar-refractivity contribution in [2.24, 2.45) is 0 Å². The fraction of sp³-hybridized carbons (Fsp3) is 0.0952. The lowest BCUT2D eigenvalue weighted by atomic mass is 10.1. The van der Waals surface area contributed by atoms with Gasteiger partial charge in [0.25, 0.3) is 11.5 Å². The van der Waals surface area contributed by atoms with Crippen molar-refractivity contribution in [2.45, 2.75) is 13.1 Å². The standard InChI is InChI=1S/C21H16ClN3O3S/c22-15-6-3-13(4-7-15)12-25-20(27)17-8-5-14(10-18(17)24-21(25)29)19(26)23-11-16-2-1-9-28-16/h1-10H,11-12H2,(H,23,26)(H,24,29). The van der Waals surface area contributed by atoms with Crippen LogP contribution in [0.3, 0.4) is 0 Å². The molecule has 0 aliphatic heterocycles. The topological polar surface area (TPSA) is 80.0 Å². The van der Waals surface area contributed by atoms with Gasteiger partial charge in [0.1, 0.15) is 5.76 Å². The molecule has 29 heavy (non-hydrogen) atoms. The van der Waals surface area contributed by atoms with Crippen LogP contribution < -0.4 is 10.9 Å². The molecule has 2 N–H and O–H groups in total. The highest BCUT2D eigenvalue weighted by molar-refractivity contribution is 7.71. The number of hydrogen-bond acceptors (Lipinski definition) is 4. The number of H-pyrrole nitrogens is 1. The van der Waals surface area contributed by atoms with Crippen molar-refractivity contribution in [3.63, 3.8) is 0 Å². The smallest absolute Gasteiger partial charge is 0.262 e. The summed E-state index contributed by atoms with van der Waals surface area (Å²) in [7, 11) is 0. The van der Waals surface area contributed by atoms with E-state index in [9.17, 15) is 9.59 Å². The fourth-order valence-corrected chi connectivity index (χ4v) is 3.38. The predicted molar refractivity (Wildman–Crippen MR) is 114 cm³/mol. The minimum absolute atomic E-state index is 0.221. The second-order valence-corrected chi connectivity index (χ2v) is 7.29. The first-order chi connectivity index (χ1) is 14.0. The zero-order chi connectivity index (χ0) is 20.4. The van der Waals surface area contributed by atoms with E-state index in [2.05, 4.69) is 10.3 Å². The molecule has 0 saturated heterocycles. The third-order valence-corrected chi connectivity index (χ3v) is 5.08. The number of halogens is 1. The Balaban J connectivity index is 1.62. The molecule has 2 heterocycles. The van der Waals surface area contributed by atoms with E-state index in [0.717, 1.165) is 5.56 Å². The third kappa shape index (κ3) is 4.16. The van der Waals surface area contributed by atoms with Gasteiger partial charge in [-0.1, -0.05) is 23.7 Å². The molecule has 2 aromatic carbocycles. The van der Waals surface area contributed by atoms with Crippen molar-refractivity contribution in [3.8, 4) is 0 Å². The van der Waals surface area contributed by atoms with E-state index in [4.69, 9.17) is 28.2 Å². The average molecular weight is 426 g/mol. The van der Waals surface area contributed by atoms with Crippen LogP contribution in [0.5, 0.6) is 0 Å². The number of aromatic amines is 1. The Morgan fingerprint density at radius 3 is 2.69 bits per heavy atom. The number of nitrogens with zero attached hydrogens (tertiary/aromatic N) is 1. The van der Waals surface area contributed by atoms with E-state index in [-0.39, 0.29) is 22.8 Å². The maximum atomic E-state index is 12.9. The minimum atomic E-state index is -0.270. The SMILES string of the molecule is O=C(NCc1ccco1)c1ccc2c(=O)n(Cc3ccc(Cl)cc3)c(=S)[nH]c2c1. The average Bonchev–Trinajstić information content (AvgIpc) is 3.24. The molecular weight excluding hydrogens is 410 g/mol. The second kappa shape index (κ2) is 8.06. The van der Waals surface area contributed by atoms with Gasteiger partial charge >= 0.3 is 0 Å². The van der Waals surface area contributed by atoms with Crippen molar-refractivity contribution in [1.29, 1.82) is 0 Å². The van der Waals surface area contributed by atoms with Crippen LogP contribution in [0, 0.1) is 4.77 Å². The molecular formula is C21H16ClN3O3S. The Bertz CT molecular complexity index is 1290. The summed E-state index contributed by atoms with van der Waals surface area (Å²) in [5.74, 6) is 0.386. The highest BCUT2D eigenvalue weighted by Gasteiger charge is 2.11. The van der Waals surface area contributed by atoms with Gasteiger partial charge in [0.05, 0.1) is 30.3 Å². The van der Waals surface area contributed by atoms with Gasteiger partial charge in [-0.05, 0) is 60.2 Å². The third-order valence-electron chi connectivity index (χ3n) is 4.50. The number of carbonyl (C=O) groups excluding carboxylic acids is 1. The first-order valence-corrected chi connectivity index (χ1v) is 9.62. The summed E-state index contributed by atoms with van der Waals surface area (Å²) < 4.78 is 6.97. The number of benzene rings is 2. The van der Waals surface area contributed by atoms with Gasteiger partial charge in [0.15, 0.2) is 4.77 Å². The molecule has 1 amide bonds. The van der Waals surface area contributed by atoms with E-state index < -0.39 is 0 Å². The van der Waals surface area contributed by atoms with E-state index >= 15 is 0 Å². The number of amides is 1. The van der Waals surface area contributed by atoms with Gasteiger partial charge in [0, 0.05) is 10.6 Å². The fourth-order valence-electron chi connectivity index (χ4n) is 2.99. The summed E-state index contributed by atoms with van der Waals surface area (Å²) in [5.41, 5.74) is 1.62. The normalized spacial score (nSPS) is 10.9. The van der Waals surface area contributed by atoms with Crippen LogP contribution in [0.2, 0.25) is 5.02 Å². The molecule has 0 unspecified atom stereocenters. The molecule has 0 saturated carbocycles. The van der Waals surface area contributed by atoms with E-state index in [1.165, 1.54) is 4.57 Å². The molecule has 0 bridgehead atoms. The van der Waals surface area contributed by atoms with Crippen molar-refractivity contribution >= 4 is 40.6 Å². The van der Waals surface area contributed by atoms with Crippen molar-refractivity contribution in [2.75, 3.05) is 0 Å². The van der Waals surface area contributed by atoms with Crippen LogP contribution in [-0.4, -0.2) is 15.5 Å². The first kappa shape index (κ1) is 19.2. The van der Waals surface area contributed by atoms with Gasteiger partial charge in [-0.2, -0.15) is 0 Å². The van der Waals surface area contributed by atoms with Crippen molar-refractivity contribution in [3.05, 3.63) is 97.9 Å². The largest absolute Gasteiger partial charge is 0.467 e. The van der Waals surface area contributed by atoms with Crippen LogP contribution in [0.25, 0.3) is 10.9 Å². The maximum Gasteiger partial charge on any atom is 0.262 e. The molecule has 6 nitrogen and oxygen atoms in total. The lowest BCUT2D eigenvalue weighted by molar-refractivity contribution is 0.0948. The van der Waals surface area contributed by atoms with Crippen molar-refractivity contribution < 1.29 is 9.21 Å². The Hall–Kier alpha value is -3.16. The summed E-state index contributed by atoms with van der Waals surface area (Å²) >= 11 is 11.3. The molecule has 0 aliphatic carbocycles. The van der Waals surface area contributed by atoms with Gasteiger partial charge in [0.2, 0.25) is 0 Å². The molecule has 0 fully saturated rings. The molecule has 0 atom stereocenters. The van der Waals surface area contributed by atoms with Crippen LogP contribution in [0.1, 0.15) is 21.7 Å². The summed E-state index contributed by atoms with van der Waals surface area (Å²) in [5, 5.41) is 3.86. The maximum absolute atomic E-state index is 12.9. The summed E-state index contributed by atoms with van der Waals surface area (Å²) in [4.78, 5) is 28.4. The number of fused-ring (bicyclic) bond motifs is 1. The summed E-state index contributed by atoms with van der Waals surface area (Å²) in [6.45, 7) is 0.606. The van der Waals surface area contributed by atoms with Crippen LogP contribution in [0.15, 0.2) is 70.1 Å². The summed E-state index contributed by atoms with van der Waals surface area (Å²) in [6, 6.07) is 15.6. The number of hydrogen-bond donors (Lipinski definition) is 2. The van der Waals surface area contributed by atoms with E-state index in [1.807, 2.05) is 12.1 Å². The number of furan rings is 1. The second-order valence-electron chi connectivity index (χ2n) is 6.47. The number of rotatable bonds is 5. The zero-order valence-electron chi connectivity index (χ0n) is 15.1. The van der Waals surface area contributed by atoms with Gasteiger partial charge < -0.3 is 14.7 Å². The molecule has 0 radical (unpaired) electrons. The predicted octanol–water partition coefficient (Wildman–Crippen LogP) is 4.28. The lowest BCUT2D eigenvalue weighted by Crippen LogP contribution is -2.24. The lowest BCUT2D eigenvalue weighted by Gasteiger charge is -2.10. The molecule has 4 aromatic rings. The monoisotopic (exact) mass is 425 g/mol. The molecule has 0 spiro atoms. The van der Waals surface area contributed by atoms with Crippen LogP contribution in [-0.2, 0) is 13.1 Å². The zero-order valence-corrected chi connectivity index (χ0v) is 16.7. The number of aromatic nitrogens is 2. The van der Waals surface area contributed by atoms with Crippen LogP contribution in [0.4, 0.5) is 0 Å². The van der Waals surface area contributed by atoms with Gasteiger partial charge in [-0.25, -0.2) is 0 Å².